The fraction of sp³-hybridized carbons (Fsp3) is 0.714. The van der Waals surface area contributed by atoms with E-state index >= 15 is 0 Å². The number of hydrogen-bond acceptors (Lipinski definition) is 4. The van der Waals surface area contributed by atoms with Crippen LogP contribution in [-0.4, -0.2) is 47.8 Å². The lowest BCUT2D eigenvalue weighted by Gasteiger charge is -2.27. The van der Waals surface area contributed by atoms with Gasteiger partial charge in [-0.05, 0) is 6.42 Å². The van der Waals surface area contributed by atoms with Crippen LogP contribution < -0.4 is 10.6 Å². The smallest absolute Gasteiger partial charge is 0.249 e. The molecule has 0 spiro atoms. The summed E-state index contributed by atoms with van der Waals surface area (Å²) in [5.41, 5.74) is -0.915. The van der Waals surface area contributed by atoms with Crippen molar-refractivity contribution in [2.75, 3.05) is 19.7 Å². The fourth-order valence-corrected chi connectivity index (χ4v) is 1.34. The molecule has 6 heteroatoms. The predicted octanol–water partition coefficient (Wildman–Crippen LogP) is -0.598. The molecule has 0 unspecified atom stereocenters. The van der Waals surface area contributed by atoms with Crippen LogP contribution in [0.1, 0.15) is 33.1 Å². The summed E-state index contributed by atoms with van der Waals surface area (Å²) in [7, 11) is 0. The van der Waals surface area contributed by atoms with Crippen LogP contribution in [0.15, 0.2) is 0 Å². The van der Waals surface area contributed by atoms with Gasteiger partial charge in [0.05, 0.1) is 6.61 Å². The van der Waals surface area contributed by atoms with E-state index in [0.29, 0.717) is 13.0 Å². The molecule has 0 bridgehead atoms. The maximum absolute atomic E-state index is 11.6. The van der Waals surface area contributed by atoms with Gasteiger partial charge in [0.25, 0.3) is 0 Å². The van der Waals surface area contributed by atoms with Crippen molar-refractivity contribution in [2.45, 2.75) is 39.2 Å². The summed E-state index contributed by atoms with van der Waals surface area (Å²) >= 11 is 0. The molecule has 0 fully saturated rings. The number of rotatable bonds is 9. The number of carbonyl (C=O) groups is 2. The Bertz CT molecular complexity index is 361. The van der Waals surface area contributed by atoms with E-state index in [1.807, 2.05) is 0 Å². The number of unbranched alkanes of at least 4 members (excludes halogenated alkanes) is 1. The highest BCUT2D eigenvalue weighted by Gasteiger charge is 2.32. The van der Waals surface area contributed by atoms with Gasteiger partial charge in [-0.2, -0.15) is 0 Å². The van der Waals surface area contributed by atoms with Crippen LogP contribution in [0.5, 0.6) is 0 Å². The zero-order valence-corrected chi connectivity index (χ0v) is 12.1. The van der Waals surface area contributed by atoms with Gasteiger partial charge < -0.3 is 20.8 Å². The second-order valence-electron chi connectivity index (χ2n) is 5.25. The molecule has 0 radical (unpaired) electrons. The van der Waals surface area contributed by atoms with Gasteiger partial charge in [0, 0.05) is 31.3 Å². The Morgan fingerprint density at radius 2 is 1.95 bits per heavy atom. The number of amides is 2. The third-order valence-electron chi connectivity index (χ3n) is 2.87. The van der Waals surface area contributed by atoms with Crippen molar-refractivity contribution in [3.63, 3.8) is 0 Å². The van der Waals surface area contributed by atoms with Crippen molar-refractivity contribution in [1.82, 2.24) is 10.6 Å². The van der Waals surface area contributed by atoms with Crippen LogP contribution in [0, 0.1) is 17.8 Å². The van der Waals surface area contributed by atoms with E-state index in [2.05, 4.69) is 16.6 Å². The highest BCUT2D eigenvalue weighted by Crippen LogP contribution is 2.19. The van der Waals surface area contributed by atoms with E-state index in [1.165, 1.54) is 0 Å². The maximum atomic E-state index is 11.6. The molecular weight excluding hydrogens is 260 g/mol. The summed E-state index contributed by atoms with van der Waals surface area (Å²) in [6.45, 7) is 3.50. The van der Waals surface area contributed by atoms with Gasteiger partial charge in [-0.25, -0.2) is 0 Å². The molecule has 6 nitrogen and oxygen atoms in total. The predicted molar refractivity (Wildman–Crippen MR) is 75.6 cm³/mol. The zero-order valence-electron chi connectivity index (χ0n) is 12.1. The minimum atomic E-state index is -1.31. The maximum Gasteiger partial charge on any atom is 0.249 e. The lowest BCUT2D eigenvalue weighted by molar-refractivity contribution is -0.137. The minimum absolute atomic E-state index is 0.133. The molecule has 0 rings (SSSR count). The number of nitrogens with one attached hydrogen (secondary N) is 2. The topological polar surface area (TPSA) is 98.7 Å². The van der Waals surface area contributed by atoms with E-state index in [9.17, 15) is 14.7 Å². The molecule has 0 aliphatic rings. The Kier molecular flexibility index (Phi) is 8.61. The molecule has 0 aliphatic carbocycles. The summed E-state index contributed by atoms with van der Waals surface area (Å²) in [6.07, 6.45) is 5.23. The first-order valence-electron chi connectivity index (χ1n) is 6.62. The Morgan fingerprint density at radius 3 is 2.50 bits per heavy atom. The van der Waals surface area contributed by atoms with Crippen LogP contribution in [0.4, 0.5) is 0 Å². The summed E-state index contributed by atoms with van der Waals surface area (Å²) in [5, 5.41) is 23.9. The lowest BCUT2D eigenvalue weighted by Crippen LogP contribution is -2.46. The summed E-state index contributed by atoms with van der Waals surface area (Å²) in [4.78, 5) is 23.0. The molecule has 20 heavy (non-hydrogen) atoms. The molecule has 0 saturated heterocycles. The SMILES string of the molecule is C#CCCCNC(=O)CCNC(=O)[C@H](O)C(C)(C)CO. The molecule has 2 amide bonds. The molecule has 0 aromatic carbocycles. The van der Waals surface area contributed by atoms with Gasteiger partial charge in [0.15, 0.2) is 0 Å². The quantitative estimate of drug-likeness (QED) is 0.336. The number of hydrogen-bond donors (Lipinski definition) is 4. The van der Waals surface area contributed by atoms with Crippen molar-refractivity contribution in [1.29, 1.82) is 0 Å². The summed E-state index contributed by atoms with van der Waals surface area (Å²) in [6, 6.07) is 0. The van der Waals surface area contributed by atoms with E-state index in [1.54, 1.807) is 13.8 Å². The van der Waals surface area contributed by atoms with E-state index in [0.717, 1.165) is 6.42 Å². The van der Waals surface area contributed by atoms with Crippen LogP contribution in [0.25, 0.3) is 0 Å². The van der Waals surface area contributed by atoms with Crippen molar-refractivity contribution in [3.05, 3.63) is 0 Å². The van der Waals surface area contributed by atoms with Gasteiger partial charge in [-0.1, -0.05) is 13.8 Å². The largest absolute Gasteiger partial charge is 0.396 e. The number of carbonyl (C=O) groups excluding carboxylic acids is 2. The highest BCUT2D eigenvalue weighted by molar-refractivity contribution is 5.82. The first-order valence-corrected chi connectivity index (χ1v) is 6.62. The van der Waals surface area contributed by atoms with E-state index in [-0.39, 0.29) is 25.5 Å². The zero-order chi connectivity index (χ0) is 15.6. The molecule has 0 aromatic rings. The number of terminal acetylenes is 1. The number of aliphatic hydroxyl groups is 2. The van der Waals surface area contributed by atoms with Gasteiger partial charge in [0.1, 0.15) is 6.10 Å². The Labute approximate surface area is 119 Å². The van der Waals surface area contributed by atoms with Gasteiger partial charge in [-0.3, -0.25) is 9.59 Å². The third kappa shape index (κ3) is 7.12. The van der Waals surface area contributed by atoms with E-state index in [4.69, 9.17) is 11.5 Å². The van der Waals surface area contributed by atoms with Gasteiger partial charge in [-0.15, -0.1) is 12.3 Å². The first-order chi connectivity index (χ1) is 9.35. The Morgan fingerprint density at radius 1 is 1.30 bits per heavy atom. The molecule has 114 valence electrons. The van der Waals surface area contributed by atoms with Crippen LogP contribution in [-0.2, 0) is 9.59 Å². The second-order valence-corrected chi connectivity index (χ2v) is 5.25. The second kappa shape index (κ2) is 9.34. The summed E-state index contributed by atoms with van der Waals surface area (Å²) in [5.74, 6) is 1.70. The third-order valence-corrected chi connectivity index (χ3v) is 2.87. The standard InChI is InChI=1S/C14H24N2O4/c1-4-5-6-8-15-11(18)7-9-16-13(20)12(19)14(2,3)10-17/h1,12,17,19H,5-10H2,2-3H3,(H,15,18)(H,16,20)/t12-/m0/s1. The molecule has 0 heterocycles. The number of aliphatic hydroxyl groups excluding tert-OH is 2. The Balaban J connectivity index is 3.87. The molecule has 0 aromatic heterocycles. The normalized spacial score (nSPS) is 12.3. The molecule has 0 aliphatic heterocycles. The Hall–Kier alpha value is -1.58. The molecule has 1 atom stereocenters. The van der Waals surface area contributed by atoms with Crippen molar-refractivity contribution in [2.24, 2.45) is 5.41 Å². The molecule has 4 N–H and O–H groups in total. The van der Waals surface area contributed by atoms with Crippen molar-refractivity contribution < 1.29 is 19.8 Å². The lowest BCUT2D eigenvalue weighted by atomic mass is 9.87. The van der Waals surface area contributed by atoms with Crippen molar-refractivity contribution in [3.8, 4) is 12.3 Å². The van der Waals surface area contributed by atoms with Crippen LogP contribution >= 0.6 is 0 Å². The monoisotopic (exact) mass is 284 g/mol. The average Bonchev–Trinajstić information content (AvgIpc) is 2.42. The van der Waals surface area contributed by atoms with E-state index < -0.39 is 17.4 Å². The highest BCUT2D eigenvalue weighted by atomic mass is 16.3. The first kappa shape index (κ1) is 18.4. The van der Waals surface area contributed by atoms with Crippen LogP contribution in [0.3, 0.4) is 0 Å². The summed E-state index contributed by atoms with van der Waals surface area (Å²) < 4.78 is 0. The van der Waals surface area contributed by atoms with Crippen LogP contribution in [0.2, 0.25) is 0 Å². The van der Waals surface area contributed by atoms with Gasteiger partial charge in [0.2, 0.25) is 11.8 Å². The van der Waals surface area contributed by atoms with Crippen molar-refractivity contribution >= 4 is 11.8 Å². The average molecular weight is 284 g/mol. The molecular formula is C14H24N2O4. The minimum Gasteiger partial charge on any atom is -0.396 e. The fourth-order valence-electron chi connectivity index (χ4n) is 1.34. The molecule has 0 saturated carbocycles. The van der Waals surface area contributed by atoms with Gasteiger partial charge >= 0.3 is 0 Å².